The molecule has 0 bridgehead atoms. The minimum atomic E-state index is -1.29. The number of hydrazine groups is 2. The first-order chi connectivity index (χ1) is 24.0. The van der Waals surface area contributed by atoms with E-state index in [4.69, 9.17) is 4.74 Å². The Hall–Kier alpha value is -2.82. The molecule has 288 valence electrons. The minimum absolute atomic E-state index is 0.00795. The molecule has 0 aromatic carbocycles. The molecule has 16 heteroatoms. The number of nitrogens with zero attached hydrogens (tertiary/aromatic N) is 4. The lowest BCUT2D eigenvalue weighted by Gasteiger charge is -2.45. The monoisotopic (exact) mass is 783 g/mol. The minimum Gasteiger partial charge on any atom is -0.450 e. The van der Waals surface area contributed by atoms with Gasteiger partial charge in [-0.2, -0.15) is 0 Å². The molecule has 11 unspecified atom stereocenters. The van der Waals surface area contributed by atoms with Crippen molar-refractivity contribution in [3.05, 3.63) is 0 Å². The molecule has 4 aliphatic rings. The standard InChI is InChI=1S/C35H58BrN7O8/c1-9-20(6)28-35(50)51-29(21(7)10-2)34(49)43-26(13-22(36)15-37-43)33(48)42-27(14-23(44)16-38-42)31(46)40(8)25(11-18(3)4)32(47)41-17-19(5)12-24(41)30(45)39-28/h18-29,37-38,44H,9-17H2,1-8H3,(H,39,45). The predicted octanol–water partition coefficient (Wildman–Crippen LogP) is 0.934. The number of aliphatic hydroxyl groups is 1. The molecule has 51 heavy (non-hydrogen) atoms. The number of cyclic esters (lactones) is 1. The van der Waals surface area contributed by atoms with Gasteiger partial charge in [0, 0.05) is 43.8 Å². The third-order valence-electron chi connectivity index (χ3n) is 10.9. The number of nitrogens with one attached hydrogen (secondary N) is 3. The number of halogens is 1. The predicted molar refractivity (Wildman–Crippen MR) is 191 cm³/mol. The van der Waals surface area contributed by atoms with Gasteiger partial charge in [-0.25, -0.2) is 15.6 Å². The van der Waals surface area contributed by atoms with Crippen LogP contribution in [0.5, 0.6) is 0 Å². The number of fused-ring (bicyclic) bond motifs is 3. The maximum Gasteiger partial charge on any atom is 0.329 e. The van der Waals surface area contributed by atoms with Gasteiger partial charge in [-0.15, -0.1) is 0 Å². The van der Waals surface area contributed by atoms with E-state index in [2.05, 4.69) is 32.1 Å². The number of carbonyl (C=O) groups is 6. The summed E-state index contributed by atoms with van der Waals surface area (Å²) in [5, 5.41) is 16.0. The number of esters is 1. The first kappa shape index (κ1) is 40.9. The normalized spacial score (nSPS) is 34.7. The number of alkyl halides is 1. The van der Waals surface area contributed by atoms with E-state index in [0.717, 1.165) is 0 Å². The summed E-state index contributed by atoms with van der Waals surface area (Å²) >= 11 is 3.58. The Morgan fingerprint density at radius 1 is 0.824 bits per heavy atom. The van der Waals surface area contributed by atoms with Crippen molar-refractivity contribution >= 4 is 51.4 Å². The van der Waals surface area contributed by atoms with E-state index in [1.165, 1.54) is 26.9 Å². The van der Waals surface area contributed by atoms with Crippen molar-refractivity contribution in [3.8, 4) is 0 Å². The molecule has 5 amide bonds. The first-order valence-electron chi connectivity index (χ1n) is 18.5. The molecule has 11 atom stereocenters. The van der Waals surface area contributed by atoms with Gasteiger partial charge in [-0.1, -0.05) is 70.8 Å². The van der Waals surface area contributed by atoms with Crippen LogP contribution in [0.25, 0.3) is 0 Å². The summed E-state index contributed by atoms with van der Waals surface area (Å²) in [6, 6.07) is -5.29. The van der Waals surface area contributed by atoms with E-state index in [9.17, 15) is 33.9 Å². The highest BCUT2D eigenvalue weighted by Crippen LogP contribution is 2.30. The molecule has 4 N–H and O–H groups in total. The second-order valence-electron chi connectivity index (χ2n) is 15.5. The number of carbonyl (C=O) groups excluding carboxylic acids is 6. The molecule has 0 spiro atoms. The van der Waals surface area contributed by atoms with Crippen molar-refractivity contribution in [2.45, 2.75) is 134 Å². The number of aliphatic hydroxyl groups excluding tert-OH is 1. The average Bonchev–Trinajstić information content (AvgIpc) is 3.50. The summed E-state index contributed by atoms with van der Waals surface area (Å²) < 4.78 is 6.01. The van der Waals surface area contributed by atoms with Crippen LogP contribution in [0, 0.1) is 23.7 Å². The van der Waals surface area contributed by atoms with Gasteiger partial charge >= 0.3 is 5.97 Å². The summed E-state index contributed by atoms with van der Waals surface area (Å²) in [4.78, 5) is 88.6. The maximum atomic E-state index is 14.5. The van der Waals surface area contributed by atoms with E-state index in [1.54, 1.807) is 6.92 Å². The number of hydrogen-bond acceptors (Lipinski definition) is 10. The van der Waals surface area contributed by atoms with Gasteiger partial charge in [0.25, 0.3) is 11.8 Å². The fourth-order valence-electron chi connectivity index (χ4n) is 7.41. The molecule has 4 rings (SSSR count). The van der Waals surface area contributed by atoms with Gasteiger partial charge in [0.15, 0.2) is 6.10 Å². The average molecular weight is 785 g/mol. The molecule has 4 saturated heterocycles. The molecular formula is C35H58BrN7O8. The van der Waals surface area contributed by atoms with Crippen LogP contribution in [0.1, 0.15) is 87.0 Å². The molecule has 0 aromatic rings. The zero-order chi connectivity index (χ0) is 37.9. The van der Waals surface area contributed by atoms with Crippen molar-refractivity contribution in [1.82, 2.24) is 36.0 Å². The lowest BCUT2D eigenvalue weighted by atomic mass is 9.96. The second kappa shape index (κ2) is 17.3. The van der Waals surface area contributed by atoms with Crippen molar-refractivity contribution in [1.29, 1.82) is 0 Å². The molecule has 4 fully saturated rings. The molecule has 15 nitrogen and oxygen atoms in total. The quantitative estimate of drug-likeness (QED) is 0.224. The van der Waals surface area contributed by atoms with Gasteiger partial charge in [-0.05, 0) is 43.4 Å². The van der Waals surface area contributed by atoms with Crippen LogP contribution < -0.4 is 16.2 Å². The number of rotatable bonds is 6. The zero-order valence-corrected chi connectivity index (χ0v) is 32.8. The fraction of sp³-hybridized carbons (Fsp3) is 0.829. The van der Waals surface area contributed by atoms with Crippen LogP contribution in [0.2, 0.25) is 0 Å². The molecule has 4 heterocycles. The van der Waals surface area contributed by atoms with Crippen LogP contribution in [-0.2, 0) is 33.5 Å². The number of likely N-dealkylation sites (N-methyl/N-ethyl adjacent to an activating group) is 1. The highest BCUT2D eigenvalue weighted by molar-refractivity contribution is 9.09. The van der Waals surface area contributed by atoms with E-state index in [-0.39, 0.29) is 54.9 Å². The third-order valence-corrected chi connectivity index (χ3v) is 11.6. The third kappa shape index (κ3) is 9.05. The Balaban J connectivity index is 1.86. The highest BCUT2D eigenvalue weighted by atomic mass is 79.9. The second-order valence-corrected chi connectivity index (χ2v) is 16.7. The van der Waals surface area contributed by atoms with Crippen LogP contribution in [0.3, 0.4) is 0 Å². The molecular weight excluding hydrogens is 726 g/mol. The number of β-amino-alcohol motifs (C(OH)–C–C–N with tert-alkyl or cyclic N) is 1. The number of amides is 5. The molecule has 0 aliphatic carbocycles. The largest absolute Gasteiger partial charge is 0.450 e. The van der Waals surface area contributed by atoms with Gasteiger partial charge in [-0.3, -0.25) is 34.0 Å². The van der Waals surface area contributed by atoms with E-state index < -0.39 is 83.8 Å². The summed E-state index contributed by atoms with van der Waals surface area (Å²) in [6.07, 6.45) is -0.518. The van der Waals surface area contributed by atoms with Gasteiger partial charge in [0.2, 0.25) is 17.7 Å². The van der Waals surface area contributed by atoms with Crippen molar-refractivity contribution in [2.75, 3.05) is 26.7 Å². The summed E-state index contributed by atoms with van der Waals surface area (Å²) in [7, 11) is 1.52. The first-order valence-corrected chi connectivity index (χ1v) is 19.4. The highest BCUT2D eigenvalue weighted by Gasteiger charge is 2.49. The number of ether oxygens (including phenoxy) is 1. The lowest BCUT2D eigenvalue weighted by molar-refractivity contribution is -0.175. The van der Waals surface area contributed by atoms with Crippen molar-refractivity contribution in [2.24, 2.45) is 23.7 Å². The van der Waals surface area contributed by atoms with Crippen molar-refractivity contribution < 1.29 is 38.6 Å². The van der Waals surface area contributed by atoms with E-state index >= 15 is 0 Å². The molecule has 0 radical (unpaired) electrons. The molecule has 0 aromatic heterocycles. The van der Waals surface area contributed by atoms with Gasteiger partial charge in [0.1, 0.15) is 30.2 Å². The van der Waals surface area contributed by atoms with Crippen LogP contribution in [0.15, 0.2) is 0 Å². The fourth-order valence-corrected chi connectivity index (χ4v) is 7.91. The molecule has 4 aliphatic heterocycles. The SMILES string of the molecule is CCC(C)C1NC(=O)C2CC(C)CN2C(=O)C(CC(C)C)N(C)C(=O)C2CC(O)CNN2C(=O)C2CC(Br)CNN2C(=O)C(C(C)CC)OC1=O. The Morgan fingerprint density at radius 3 is 2.06 bits per heavy atom. The van der Waals surface area contributed by atoms with E-state index in [0.29, 0.717) is 25.8 Å². The Labute approximate surface area is 309 Å². The zero-order valence-electron chi connectivity index (χ0n) is 31.3. The number of hydrogen-bond donors (Lipinski definition) is 4. The summed E-state index contributed by atoms with van der Waals surface area (Å²) in [5.74, 6) is -4.30. The van der Waals surface area contributed by atoms with Crippen molar-refractivity contribution in [3.63, 3.8) is 0 Å². The Morgan fingerprint density at radius 2 is 1.43 bits per heavy atom. The van der Waals surface area contributed by atoms with Crippen LogP contribution >= 0.6 is 15.9 Å². The summed E-state index contributed by atoms with van der Waals surface area (Å²) in [5.41, 5.74) is 5.96. The lowest BCUT2D eigenvalue weighted by Crippen LogP contribution is -2.70. The van der Waals surface area contributed by atoms with Crippen LogP contribution in [0.4, 0.5) is 0 Å². The van der Waals surface area contributed by atoms with E-state index in [1.807, 2.05) is 41.5 Å². The van der Waals surface area contributed by atoms with Gasteiger partial charge < -0.3 is 25.0 Å². The Bertz CT molecular complexity index is 1320. The topological polar surface area (TPSA) is 181 Å². The summed E-state index contributed by atoms with van der Waals surface area (Å²) in [6.45, 7) is 13.7. The van der Waals surface area contributed by atoms with Gasteiger partial charge in [0.05, 0.1) is 6.10 Å². The van der Waals surface area contributed by atoms with Crippen LogP contribution in [-0.4, -0.2) is 134 Å². The smallest absolute Gasteiger partial charge is 0.329 e. The Kier molecular flexibility index (Phi) is 13.9. The maximum absolute atomic E-state index is 14.5. The molecule has 0 saturated carbocycles.